The molecule has 3 rings (SSSR count). The first-order valence-corrected chi connectivity index (χ1v) is 8.84. The second kappa shape index (κ2) is 6.83. The van der Waals surface area contributed by atoms with Crippen molar-refractivity contribution in [3.05, 3.63) is 29.8 Å². The largest absolute Gasteiger partial charge is 0.367 e. The molecule has 2 heteroatoms. The molecule has 1 fully saturated rings. The van der Waals surface area contributed by atoms with E-state index in [1.54, 1.807) is 0 Å². The summed E-state index contributed by atoms with van der Waals surface area (Å²) < 4.78 is 0. The third kappa shape index (κ3) is 3.26. The van der Waals surface area contributed by atoms with Crippen molar-refractivity contribution >= 4 is 5.69 Å². The van der Waals surface area contributed by atoms with Gasteiger partial charge in [-0.2, -0.15) is 0 Å². The van der Waals surface area contributed by atoms with E-state index in [1.807, 2.05) is 0 Å². The first-order valence-electron chi connectivity index (χ1n) is 8.84. The van der Waals surface area contributed by atoms with Crippen LogP contribution in [0.25, 0.3) is 0 Å². The fourth-order valence-corrected chi connectivity index (χ4v) is 4.31. The van der Waals surface area contributed by atoms with E-state index in [2.05, 4.69) is 36.1 Å². The Morgan fingerprint density at radius 1 is 1.14 bits per heavy atom. The number of benzene rings is 1. The lowest BCUT2D eigenvalue weighted by Crippen LogP contribution is -2.47. The van der Waals surface area contributed by atoms with Crippen LogP contribution in [0.5, 0.6) is 0 Å². The lowest BCUT2D eigenvalue weighted by Gasteiger charge is -2.41. The Morgan fingerprint density at radius 3 is 2.67 bits per heavy atom. The quantitative estimate of drug-likeness (QED) is 0.910. The lowest BCUT2D eigenvalue weighted by molar-refractivity contribution is 0.249. The third-order valence-corrected chi connectivity index (χ3v) is 5.64. The third-order valence-electron chi connectivity index (χ3n) is 5.64. The fraction of sp³-hybridized carbons (Fsp3) is 0.684. The Labute approximate surface area is 129 Å². The monoisotopic (exact) mass is 286 g/mol. The number of anilines is 1. The highest BCUT2D eigenvalue weighted by atomic mass is 15.2. The Kier molecular flexibility index (Phi) is 4.84. The number of hydrogen-bond acceptors (Lipinski definition) is 2. The molecule has 2 aliphatic rings. The zero-order chi connectivity index (χ0) is 14.7. The van der Waals surface area contributed by atoms with E-state index in [1.165, 1.54) is 62.7 Å². The summed E-state index contributed by atoms with van der Waals surface area (Å²) in [4.78, 5) is 2.66. The molecule has 1 unspecified atom stereocenters. The molecule has 21 heavy (non-hydrogen) atoms. The minimum atomic E-state index is 0.539. The molecule has 1 aromatic carbocycles. The van der Waals surface area contributed by atoms with Gasteiger partial charge in [0.25, 0.3) is 0 Å². The first-order chi connectivity index (χ1) is 10.3. The van der Waals surface area contributed by atoms with Crippen molar-refractivity contribution in [1.82, 2.24) is 0 Å². The van der Waals surface area contributed by atoms with Gasteiger partial charge in [-0.1, -0.05) is 38.0 Å². The average molecular weight is 286 g/mol. The molecule has 0 aromatic heterocycles. The number of aryl methyl sites for hydroxylation is 1. The van der Waals surface area contributed by atoms with Crippen LogP contribution in [0.2, 0.25) is 0 Å². The molecule has 0 saturated heterocycles. The standard InChI is InChI=1S/C19H30N2/c1-15-9-11-17(12-10-15)19(14-20)21-13-5-4-7-16-6-2-3-8-18(16)21/h2-3,6,8,15,17,19H,4-5,7,9-14,20H2,1H3. The van der Waals surface area contributed by atoms with Gasteiger partial charge in [0.05, 0.1) is 0 Å². The molecule has 2 N–H and O–H groups in total. The second-order valence-electron chi connectivity index (χ2n) is 7.10. The van der Waals surface area contributed by atoms with Crippen molar-refractivity contribution in [3.63, 3.8) is 0 Å². The van der Waals surface area contributed by atoms with E-state index in [0.717, 1.165) is 18.4 Å². The van der Waals surface area contributed by atoms with Crippen LogP contribution >= 0.6 is 0 Å². The number of fused-ring (bicyclic) bond motifs is 1. The molecule has 0 radical (unpaired) electrons. The Balaban J connectivity index is 1.83. The minimum Gasteiger partial charge on any atom is -0.367 e. The topological polar surface area (TPSA) is 29.3 Å². The smallest absolute Gasteiger partial charge is 0.0440 e. The molecule has 0 spiro atoms. The zero-order valence-electron chi connectivity index (χ0n) is 13.4. The number of rotatable bonds is 3. The predicted octanol–water partition coefficient (Wildman–Crippen LogP) is 3.98. The summed E-state index contributed by atoms with van der Waals surface area (Å²) in [6, 6.07) is 9.53. The zero-order valence-corrected chi connectivity index (χ0v) is 13.4. The van der Waals surface area contributed by atoms with Gasteiger partial charge in [0.15, 0.2) is 0 Å². The van der Waals surface area contributed by atoms with E-state index >= 15 is 0 Å². The molecule has 1 aromatic rings. The highest BCUT2D eigenvalue weighted by Gasteiger charge is 2.31. The molecule has 1 saturated carbocycles. The van der Waals surface area contributed by atoms with Gasteiger partial charge in [-0.3, -0.25) is 0 Å². The maximum atomic E-state index is 6.24. The van der Waals surface area contributed by atoms with Crippen LogP contribution < -0.4 is 10.6 Å². The van der Waals surface area contributed by atoms with Gasteiger partial charge >= 0.3 is 0 Å². The number of nitrogens with two attached hydrogens (primary N) is 1. The number of para-hydroxylation sites is 1. The molecular formula is C19H30N2. The number of hydrogen-bond donors (Lipinski definition) is 1. The van der Waals surface area contributed by atoms with Crippen LogP contribution in [0.4, 0.5) is 5.69 Å². The Hall–Kier alpha value is -1.02. The van der Waals surface area contributed by atoms with E-state index in [4.69, 9.17) is 5.73 Å². The molecule has 0 amide bonds. The SMILES string of the molecule is CC1CCC(C(CN)N2CCCCc3ccccc32)CC1. The number of nitrogens with zero attached hydrogens (tertiary/aromatic N) is 1. The molecule has 1 heterocycles. The Bertz CT molecular complexity index is 449. The van der Waals surface area contributed by atoms with Crippen LogP contribution in [0.1, 0.15) is 51.0 Å². The minimum absolute atomic E-state index is 0.539. The summed E-state index contributed by atoms with van der Waals surface area (Å²) in [5.74, 6) is 1.70. The van der Waals surface area contributed by atoms with Gasteiger partial charge in [0, 0.05) is 24.8 Å². The van der Waals surface area contributed by atoms with Gasteiger partial charge in [0.1, 0.15) is 0 Å². The van der Waals surface area contributed by atoms with E-state index in [0.29, 0.717) is 6.04 Å². The summed E-state index contributed by atoms with van der Waals surface area (Å²) in [6.45, 7) is 4.38. The van der Waals surface area contributed by atoms with E-state index in [-0.39, 0.29) is 0 Å². The summed E-state index contributed by atoms with van der Waals surface area (Å²) in [5.41, 5.74) is 9.22. The molecule has 0 bridgehead atoms. The van der Waals surface area contributed by atoms with Crippen LogP contribution in [-0.4, -0.2) is 19.1 Å². The summed E-state index contributed by atoms with van der Waals surface area (Å²) in [7, 11) is 0. The summed E-state index contributed by atoms with van der Waals surface area (Å²) in [5, 5.41) is 0. The molecular weight excluding hydrogens is 256 g/mol. The molecule has 1 atom stereocenters. The van der Waals surface area contributed by atoms with Gasteiger partial charge in [0.2, 0.25) is 0 Å². The first kappa shape index (κ1) is 14.9. The fourth-order valence-electron chi connectivity index (χ4n) is 4.31. The normalized spacial score (nSPS) is 27.8. The van der Waals surface area contributed by atoms with Crippen molar-refractivity contribution in [1.29, 1.82) is 0 Å². The van der Waals surface area contributed by atoms with Gasteiger partial charge in [-0.15, -0.1) is 0 Å². The van der Waals surface area contributed by atoms with E-state index in [9.17, 15) is 0 Å². The van der Waals surface area contributed by atoms with Crippen LogP contribution in [0, 0.1) is 11.8 Å². The molecule has 1 aliphatic heterocycles. The molecule has 1 aliphatic carbocycles. The summed E-state index contributed by atoms with van der Waals surface area (Å²) in [6.07, 6.45) is 9.34. The highest BCUT2D eigenvalue weighted by Crippen LogP contribution is 2.36. The van der Waals surface area contributed by atoms with Crippen molar-refractivity contribution in [2.45, 2.75) is 57.9 Å². The van der Waals surface area contributed by atoms with Crippen molar-refractivity contribution in [3.8, 4) is 0 Å². The van der Waals surface area contributed by atoms with Crippen LogP contribution in [0.3, 0.4) is 0 Å². The van der Waals surface area contributed by atoms with Crippen LogP contribution in [-0.2, 0) is 6.42 Å². The Morgan fingerprint density at radius 2 is 1.90 bits per heavy atom. The van der Waals surface area contributed by atoms with Gasteiger partial charge in [-0.05, 0) is 55.6 Å². The molecule has 2 nitrogen and oxygen atoms in total. The van der Waals surface area contributed by atoms with E-state index < -0.39 is 0 Å². The van der Waals surface area contributed by atoms with Crippen molar-refractivity contribution in [2.24, 2.45) is 17.6 Å². The maximum Gasteiger partial charge on any atom is 0.0440 e. The highest BCUT2D eigenvalue weighted by molar-refractivity contribution is 5.55. The van der Waals surface area contributed by atoms with Crippen molar-refractivity contribution in [2.75, 3.05) is 18.0 Å². The second-order valence-corrected chi connectivity index (χ2v) is 7.10. The molecule has 116 valence electrons. The lowest BCUT2D eigenvalue weighted by atomic mass is 9.78. The average Bonchev–Trinajstić information content (AvgIpc) is 2.73. The maximum absolute atomic E-state index is 6.24. The predicted molar refractivity (Wildman–Crippen MR) is 90.7 cm³/mol. The van der Waals surface area contributed by atoms with Gasteiger partial charge < -0.3 is 10.6 Å². The van der Waals surface area contributed by atoms with Gasteiger partial charge in [-0.25, -0.2) is 0 Å². The van der Waals surface area contributed by atoms with Crippen molar-refractivity contribution < 1.29 is 0 Å². The summed E-state index contributed by atoms with van der Waals surface area (Å²) >= 11 is 0. The van der Waals surface area contributed by atoms with Crippen LogP contribution in [0.15, 0.2) is 24.3 Å².